The smallest absolute Gasteiger partial charge is 0.0173 e. The van der Waals surface area contributed by atoms with Gasteiger partial charge in [-0.05, 0) is 85.8 Å². The van der Waals surface area contributed by atoms with Crippen LogP contribution >= 0.6 is 0 Å². The van der Waals surface area contributed by atoms with Crippen LogP contribution in [0.3, 0.4) is 0 Å². The summed E-state index contributed by atoms with van der Waals surface area (Å²) in [5, 5.41) is 0. The van der Waals surface area contributed by atoms with Gasteiger partial charge in [-0.15, -0.1) is 0 Å². The third-order valence-electron chi connectivity index (χ3n) is 4.83. The van der Waals surface area contributed by atoms with Crippen LogP contribution in [-0.2, 0) is 0 Å². The summed E-state index contributed by atoms with van der Waals surface area (Å²) < 4.78 is 0. The molecule has 0 radical (unpaired) electrons. The van der Waals surface area contributed by atoms with Gasteiger partial charge in [-0.2, -0.15) is 0 Å². The highest BCUT2D eigenvalue weighted by molar-refractivity contribution is 5.65. The SMILES string of the molecule is CC(C)=C(C)C.CC(C)=C(C)C(C)(C)C.CC(C)=C(C)c1ccccc1. The van der Waals surface area contributed by atoms with Crippen LogP contribution in [0.25, 0.3) is 5.57 Å². The monoisotopic (exact) mass is 356 g/mol. The van der Waals surface area contributed by atoms with E-state index in [0.29, 0.717) is 5.41 Å². The molecule has 0 spiro atoms. The van der Waals surface area contributed by atoms with Crippen molar-refractivity contribution in [3.05, 3.63) is 63.8 Å². The molecule has 0 unspecified atom stereocenters. The van der Waals surface area contributed by atoms with Gasteiger partial charge in [0.05, 0.1) is 0 Å². The van der Waals surface area contributed by atoms with E-state index < -0.39 is 0 Å². The fourth-order valence-corrected chi connectivity index (χ4v) is 1.73. The van der Waals surface area contributed by atoms with Gasteiger partial charge in [0.25, 0.3) is 0 Å². The summed E-state index contributed by atoms with van der Waals surface area (Å²) in [5.74, 6) is 0. The van der Waals surface area contributed by atoms with Crippen molar-refractivity contribution in [2.24, 2.45) is 5.41 Å². The van der Waals surface area contributed by atoms with Crippen LogP contribution in [-0.4, -0.2) is 0 Å². The minimum Gasteiger partial charge on any atom is -0.0778 e. The molecule has 0 aliphatic carbocycles. The lowest BCUT2D eigenvalue weighted by atomic mass is 9.85. The lowest BCUT2D eigenvalue weighted by Gasteiger charge is -2.20. The highest BCUT2D eigenvalue weighted by Crippen LogP contribution is 2.26. The van der Waals surface area contributed by atoms with Crippen molar-refractivity contribution >= 4 is 5.57 Å². The molecule has 0 aromatic heterocycles. The fourth-order valence-electron chi connectivity index (χ4n) is 1.73. The summed E-state index contributed by atoms with van der Waals surface area (Å²) in [6.07, 6.45) is 0. The molecule has 0 bridgehead atoms. The van der Waals surface area contributed by atoms with Gasteiger partial charge >= 0.3 is 0 Å². The molecule has 0 saturated carbocycles. The third kappa shape index (κ3) is 12.8. The Morgan fingerprint density at radius 2 is 0.923 bits per heavy atom. The first kappa shape index (κ1) is 26.7. The molecular formula is C26H44. The standard InChI is InChI=1S/C11H14.C9H18.C6H12/c1-9(2)10(3)11-7-5-4-6-8-11;1-7(2)8(3)9(4,5)6;1-5(2)6(3)4/h4-8H,1-3H3;1-6H3;1-4H3. The first-order valence-corrected chi connectivity index (χ1v) is 9.66. The van der Waals surface area contributed by atoms with E-state index in [2.05, 4.69) is 114 Å². The van der Waals surface area contributed by atoms with E-state index in [4.69, 9.17) is 0 Å². The molecule has 0 saturated heterocycles. The molecule has 0 amide bonds. The summed E-state index contributed by atoms with van der Waals surface area (Å²) in [6.45, 7) is 28.2. The summed E-state index contributed by atoms with van der Waals surface area (Å²) in [7, 11) is 0. The van der Waals surface area contributed by atoms with Crippen molar-refractivity contribution in [3.8, 4) is 0 Å². The number of hydrogen-bond acceptors (Lipinski definition) is 0. The van der Waals surface area contributed by atoms with Gasteiger partial charge in [0.15, 0.2) is 0 Å². The zero-order valence-corrected chi connectivity index (χ0v) is 19.9. The molecule has 26 heavy (non-hydrogen) atoms. The van der Waals surface area contributed by atoms with E-state index in [-0.39, 0.29) is 0 Å². The Balaban J connectivity index is 0. The molecule has 0 heteroatoms. The van der Waals surface area contributed by atoms with E-state index in [0.717, 1.165) is 0 Å². The fraction of sp³-hybridized carbons (Fsp3) is 0.538. The molecule has 0 heterocycles. The van der Waals surface area contributed by atoms with Gasteiger partial charge in [-0.1, -0.05) is 79.0 Å². The van der Waals surface area contributed by atoms with E-state index in [1.54, 1.807) is 0 Å². The molecule has 1 aromatic carbocycles. The largest absolute Gasteiger partial charge is 0.0778 e. The molecule has 1 aromatic rings. The maximum Gasteiger partial charge on any atom is -0.0173 e. The summed E-state index contributed by atoms with van der Waals surface area (Å²) in [5.41, 5.74) is 10.3. The van der Waals surface area contributed by atoms with Crippen molar-refractivity contribution in [2.75, 3.05) is 0 Å². The Labute approximate surface area is 165 Å². The molecule has 1 rings (SSSR count). The van der Waals surface area contributed by atoms with Crippen molar-refractivity contribution in [3.63, 3.8) is 0 Å². The first-order chi connectivity index (χ1) is 11.7. The van der Waals surface area contributed by atoms with Crippen molar-refractivity contribution in [1.29, 1.82) is 0 Å². The van der Waals surface area contributed by atoms with Crippen LogP contribution in [0.5, 0.6) is 0 Å². The summed E-state index contributed by atoms with van der Waals surface area (Å²) in [4.78, 5) is 0. The predicted octanol–water partition coefficient (Wildman–Crippen LogP) is 9.25. The van der Waals surface area contributed by atoms with Crippen LogP contribution in [0, 0.1) is 5.41 Å². The molecule has 0 aliphatic heterocycles. The Hall–Kier alpha value is -1.56. The third-order valence-corrected chi connectivity index (χ3v) is 4.83. The molecule has 0 aliphatic rings. The Kier molecular flexibility index (Phi) is 13.1. The van der Waals surface area contributed by atoms with Gasteiger partial charge < -0.3 is 0 Å². The molecule has 0 fully saturated rings. The minimum atomic E-state index is 0.360. The molecule has 0 N–H and O–H groups in total. The predicted molar refractivity (Wildman–Crippen MR) is 124 cm³/mol. The number of rotatable bonds is 1. The Morgan fingerprint density at radius 1 is 0.538 bits per heavy atom. The van der Waals surface area contributed by atoms with Gasteiger partial charge in [0.1, 0.15) is 0 Å². The second-order valence-corrected chi connectivity index (χ2v) is 8.87. The molecule has 148 valence electrons. The van der Waals surface area contributed by atoms with E-state index in [1.165, 1.54) is 39.0 Å². The topological polar surface area (TPSA) is 0 Å². The molecular weight excluding hydrogens is 312 g/mol. The second-order valence-electron chi connectivity index (χ2n) is 8.87. The second kappa shape index (κ2) is 12.7. The Morgan fingerprint density at radius 3 is 1.12 bits per heavy atom. The van der Waals surface area contributed by atoms with E-state index in [9.17, 15) is 0 Å². The average Bonchev–Trinajstić information content (AvgIpc) is 2.54. The highest BCUT2D eigenvalue weighted by atomic mass is 14.2. The average molecular weight is 357 g/mol. The zero-order valence-electron chi connectivity index (χ0n) is 19.9. The van der Waals surface area contributed by atoms with Crippen molar-refractivity contribution < 1.29 is 0 Å². The van der Waals surface area contributed by atoms with Crippen LogP contribution in [0.15, 0.2) is 58.2 Å². The highest BCUT2D eigenvalue weighted by Gasteiger charge is 2.12. The van der Waals surface area contributed by atoms with Gasteiger partial charge in [-0.25, -0.2) is 0 Å². The van der Waals surface area contributed by atoms with E-state index >= 15 is 0 Å². The molecule has 0 nitrogen and oxygen atoms in total. The first-order valence-electron chi connectivity index (χ1n) is 9.66. The number of allylic oxidation sites excluding steroid dienone is 6. The number of hydrogen-bond donors (Lipinski definition) is 0. The summed E-state index contributed by atoms with van der Waals surface area (Å²) in [6, 6.07) is 10.5. The van der Waals surface area contributed by atoms with Crippen LogP contribution < -0.4 is 0 Å². The maximum atomic E-state index is 2.25. The quantitative estimate of drug-likeness (QED) is 0.440. The lowest BCUT2D eigenvalue weighted by molar-refractivity contribution is 0.498. The normalized spacial score (nSPS) is 9.73. The zero-order chi connectivity index (χ0) is 21.1. The summed E-state index contributed by atoms with van der Waals surface area (Å²) >= 11 is 0. The van der Waals surface area contributed by atoms with Crippen molar-refractivity contribution in [2.45, 2.75) is 90.0 Å². The number of benzene rings is 1. The van der Waals surface area contributed by atoms with E-state index in [1.807, 2.05) is 6.07 Å². The minimum absolute atomic E-state index is 0.360. The van der Waals surface area contributed by atoms with Crippen molar-refractivity contribution in [1.82, 2.24) is 0 Å². The van der Waals surface area contributed by atoms with Crippen LogP contribution in [0.4, 0.5) is 0 Å². The van der Waals surface area contributed by atoms with Crippen LogP contribution in [0.1, 0.15) is 95.6 Å². The maximum absolute atomic E-state index is 2.25. The van der Waals surface area contributed by atoms with Gasteiger partial charge in [0, 0.05) is 0 Å². The lowest BCUT2D eigenvalue weighted by Crippen LogP contribution is -2.07. The van der Waals surface area contributed by atoms with Gasteiger partial charge in [-0.3, -0.25) is 0 Å². The van der Waals surface area contributed by atoms with Gasteiger partial charge in [0.2, 0.25) is 0 Å². The Bertz CT molecular complexity index is 588. The molecule has 0 atom stereocenters. The van der Waals surface area contributed by atoms with Crippen LogP contribution in [0.2, 0.25) is 0 Å².